The van der Waals surface area contributed by atoms with Crippen molar-refractivity contribution in [2.75, 3.05) is 7.11 Å². The maximum atomic E-state index is 12.3. The zero-order valence-corrected chi connectivity index (χ0v) is 11.3. The average Bonchev–Trinajstić information content (AvgIpc) is 2.21. The molecule has 1 aromatic carbocycles. The van der Waals surface area contributed by atoms with Crippen LogP contribution in [0, 0.1) is 6.92 Å². The molecule has 0 saturated carbocycles. The van der Waals surface area contributed by atoms with Crippen molar-refractivity contribution in [3.63, 3.8) is 0 Å². The van der Waals surface area contributed by atoms with Crippen molar-refractivity contribution in [2.24, 2.45) is 0 Å². The number of esters is 1. The van der Waals surface area contributed by atoms with Crippen molar-refractivity contribution in [2.45, 2.75) is 17.3 Å². The van der Waals surface area contributed by atoms with E-state index in [2.05, 4.69) is 20.7 Å². The summed E-state index contributed by atoms with van der Waals surface area (Å²) in [6.07, 6.45) is 0. The molecule has 0 heterocycles. The first-order chi connectivity index (χ1) is 7.74. The number of halogens is 4. The number of carbonyl (C=O) groups is 1. The quantitative estimate of drug-likeness (QED) is 0.602. The van der Waals surface area contributed by atoms with Gasteiger partial charge in [-0.05, 0) is 36.4 Å². The molecule has 0 saturated heterocycles. The monoisotopic (exact) mass is 328 g/mol. The molecule has 0 bridgehead atoms. The van der Waals surface area contributed by atoms with Gasteiger partial charge in [-0.2, -0.15) is 13.2 Å². The fraction of sp³-hybridized carbons (Fsp3) is 0.300. The molecule has 7 heteroatoms. The van der Waals surface area contributed by atoms with Gasteiger partial charge in [0.2, 0.25) is 0 Å². The van der Waals surface area contributed by atoms with E-state index in [0.29, 0.717) is 10.0 Å². The first kappa shape index (κ1) is 14.4. The second-order valence-corrected chi connectivity index (χ2v) is 5.08. The van der Waals surface area contributed by atoms with E-state index in [4.69, 9.17) is 0 Å². The number of alkyl halides is 3. The molecule has 0 radical (unpaired) electrons. The Bertz CT molecular complexity index is 446. The summed E-state index contributed by atoms with van der Waals surface area (Å²) < 4.78 is 41.8. The van der Waals surface area contributed by atoms with Gasteiger partial charge in [0.05, 0.1) is 12.7 Å². The lowest BCUT2D eigenvalue weighted by atomic mass is 10.1. The van der Waals surface area contributed by atoms with Gasteiger partial charge in [-0.1, -0.05) is 15.9 Å². The number of hydrogen-bond acceptors (Lipinski definition) is 3. The Labute approximate surface area is 109 Å². The molecule has 2 nitrogen and oxygen atoms in total. The van der Waals surface area contributed by atoms with E-state index in [1.807, 2.05) is 0 Å². The zero-order valence-electron chi connectivity index (χ0n) is 8.89. The first-order valence-corrected chi connectivity index (χ1v) is 5.99. The van der Waals surface area contributed by atoms with E-state index >= 15 is 0 Å². The lowest BCUT2D eigenvalue weighted by Gasteiger charge is -2.11. The van der Waals surface area contributed by atoms with Crippen LogP contribution in [-0.4, -0.2) is 18.6 Å². The standard InChI is InChI=1S/C10H8BrF3O2S/c1-5-7(11)3-6(9(15)16-2)4-8(5)17-10(12,13)14/h3-4H,1-2H3. The summed E-state index contributed by atoms with van der Waals surface area (Å²) >= 11 is 2.86. The molecule has 1 aromatic rings. The minimum absolute atomic E-state index is 0.0210. The van der Waals surface area contributed by atoms with Crippen LogP contribution in [0.3, 0.4) is 0 Å². The molecular formula is C10H8BrF3O2S. The second-order valence-electron chi connectivity index (χ2n) is 3.12. The van der Waals surface area contributed by atoms with Crippen molar-refractivity contribution >= 4 is 33.7 Å². The lowest BCUT2D eigenvalue weighted by Crippen LogP contribution is -2.05. The average molecular weight is 329 g/mol. The highest BCUT2D eigenvalue weighted by atomic mass is 79.9. The van der Waals surface area contributed by atoms with Crippen LogP contribution >= 0.6 is 27.7 Å². The van der Waals surface area contributed by atoms with Crippen LogP contribution in [0.4, 0.5) is 13.2 Å². The van der Waals surface area contributed by atoms with Gasteiger partial charge in [0, 0.05) is 9.37 Å². The highest BCUT2D eigenvalue weighted by Crippen LogP contribution is 2.40. The zero-order chi connectivity index (χ0) is 13.2. The van der Waals surface area contributed by atoms with E-state index in [0.717, 1.165) is 0 Å². The molecule has 0 spiro atoms. The Kier molecular flexibility index (Phi) is 4.48. The van der Waals surface area contributed by atoms with Crippen molar-refractivity contribution in [3.8, 4) is 0 Å². The molecule has 1 rings (SSSR count). The first-order valence-electron chi connectivity index (χ1n) is 4.39. The van der Waals surface area contributed by atoms with E-state index in [1.54, 1.807) is 6.92 Å². The Morgan fingerprint density at radius 3 is 2.47 bits per heavy atom. The second kappa shape index (κ2) is 5.30. The number of rotatable bonds is 2. The third-order valence-electron chi connectivity index (χ3n) is 1.94. The van der Waals surface area contributed by atoms with Gasteiger partial charge in [-0.25, -0.2) is 4.79 Å². The highest BCUT2D eigenvalue weighted by molar-refractivity contribution is 9.10. The van der Waals surface area contributed by atoms with Crippen LogP contribution in [0.1, 0.15) is 15.9 Å². The van der Waals surface area contributed by atoms with Gasteiger partial charge in [-0.3, -0.25) is 0 Å². The van der Waals surface area contributed by atoms with Gasteiger partial charge in [0.25, 0.3) is 0 Å². The number of thioether (sulfide) groups is 1. The molecule has 0 aliphatic carbocycles. The van der Waals surface area contributed by atoms with Crippen LogP contribution in [0.15, 0.2) is 21.5 Å². The van der Waals surface area contributed by atoms with Crippen LogP contribution < -0.4 is 0 Å². The summed E-state index contributed by atoms with van der Waals surface area (Å²) in [7, 11) is 1.17. The smallest absolute Gasteiger partial charge is 0.446 e. The SMILES string of the molecule is COC(=O)c1cc(Br)c(C)c(SC(F)(F)F)c1. The fourth-order valence-electron chi connectivity index (χ4n) is 1.12. The third-order valence-corrected chi connectivity index (χ3v) is 3.64. The summed E-state index contributed by atoms with van der Waals surface area (Å²) in [5.41, 5.74) is -3.88. The fourth-order valence-corrected chi connectivity index (χ4v) is 2.41. The summed E-state index contributed by atoms with van der Waals surface area (Å²) in [6, 6.07) is 2.60. The normalized spacial score (nSPS) is 11.4. The maximum Gasteiger partial charge on any atom is 0.446 e. The predicted molar refractivity (Wildman–Crippen MR) is 62.1 cm³/mol. The van der Waals surface area contributed by atoms with Gasteiger partial charge < -0.3 is 4.74 Å². The molecular weight excluding hydrogens is 321 g/mol. The van der Waals surface area contributed by atoms with Crippen LogP contribution in [-0.2, 0) is 4.74 Å². The Hall–Kier alpha value is -0.690. The number of carbonyl (C=O) groups excluding carboxylic acids is 1. The van der Waals surface area contributed by atoms with Gasteiger partial charge in [-0.15, -0.1) is 0 Å². The molecule has 94 valence electrons. The molecule has 17 heavy (non-hydrogen) atoms. The van der Waals surface area contributed by atoms with Crippen molar-refractivity contribution in [1.29, 1.82) is 0 Å². The molecule has 0 aliphatic rings. The number of benzene rings is 1. The van der Waals surface area contributed by atoms with E-state index in [1.165, 1.54) is 19.2 Å². The molecule has 0 atom stereocenters. The van der Waals surface area contributed by atoms with Gasteiger partial charge in [0.15, 0.2) is 0 Å². The number of ether oxygens (including phenoxy) is 1. The van der Waals surface area contributed by atoms with Crippen LogP contribution in [0.2, 0.25) is 0 Å². The number of methoxy groups -OCH3 is 1. The summed E-state index contributed by atoms with van der Waals surface area (Å²) in [6.45, 7) is 1.54. The van der Waals surface area contributed by atoms with Crippen LogP contribution in [0.5, 0.6) is 0 Å². The molecule has 0 N–H and O–H groups in total. The predicted octanol–water partition coefficient (Wildman–Crippen LogP) is 4.16. The largest absolute Gasteiger partial charge is 0.465 e. The number of hydrogen-bond donors (Lipinski definition) is 0. The molecule has 0 amide bonds. The lowest BCUT2D eigenvalue weighted by molar-refractivity contribution is -0.0328. The van der Waals surface area contributed by atoms with E-state index in [9.17, 15) is 18.0 Å². The van der Waals surface area contributed by atoms with Gasteiger partial charge in [0.1, 0.15) is 0 Å². The van der Waals surface area contributed by atoms with E-state index < -0.39 is 11.5 Å². The molecule has 0 aliphatic heterocycles. The third kappa shape index (κ3) is 3.92. The minimum atomic E-state index is -4.39. The van der Waals surface area contributed by atoms with Crippen molar-refractivity contribution < 1.29 is 22.7 Å². The highest BCUT2D eigenvalue weighted by Gasteiger charge is 2.30. The summed E-state index contributed by atoms with van der Waals surface area (Å²) in [5.74, 6) is -0.672. The van der Waals surface area contributed by atoms with Crippen LogP contribution in [0.25, 0.3) is 0 Å². The molecule has 0 fully saturated rings. The Balaban J connectivity index is 3.20. The summed E-state index contributed by atoms with van der Waals surface area (Å²) in [5, 5.41) is 0. The maximum absolute atomic E-state index is 12.3. The Morgan fingerprint density at radius 1 is 1.41 bits per heavy atom. The summed E-state index contributed by atoms with van der Waals surface area (Å²) in [4.78, 5) is 11.2. The van der Waals surface area contributed by atoms with Gasteiger partial charge >= 0.3 is 11.5 Å². The molecule has 0 unspecified atom stereocenters. The minimum Gasteiger partial charge on any atom is -0.465 e. The van der Waals surface area contributed by atoms with Crippen molar-refractivity contribution in [3.05, 3.63) is 27.7 Å². The Morgan fingerprint density at radius 2 is 2.00 bits per heavy atom. The van der Waals surface area contributed by atoms with E-state index in [-0.39, 0.29) is 22.2 Å². The van der Waals surface area contributed by atoms with Crippen molar-refractivity contribution in [1.82, 2.24) is 0 Å². The molecule has 0 aromatic heterocycles. The topological polar surface area (TPSA) is 26.3 Å².